The summed E-state index contributed by atoms with van der Waals surface area (Å²) >= 11 is 0. The molecule has 0 bridgehead atoms. The lowest BCUT2D eigenvalue weighted by atomic mass is 9.66. The smallest absolute Gasteiger partial charge is 0.227 e. The Morgan fingerprint density at radius 3 is 0.966 bits per heavy atom. The van der Waals surface area contributed by atoms with Crippen LogP contribution >= 0.6 is 0 Å². The van der Waals surface area contributed by atoms with Crippen molar-refractivity contribution >= 4 is 29.5 Å². The lowest BCUT2D eigenvalue weighted by Gasteiger charge is -2.45. The van der Waals surface area contributed by atoms with Crippen molar-refractivity contribution in [1.29, 1.82) is 0 Å². The molecule has 2 aliphatic carbocycles. The number of nitrogens with zero attached hydrogens (tertiary/aromatic N) is 5. The Hall–Kier alpha value is -2.85. The van der Waals surface area contributed by atoms with Crippen molar-refractivity contribution in [3.8, 4) is 0 Å². The van der Waals surface area contributed by atoms with Gasteiger partial charge in [0.25, 0.3) is 0 Å². The average Bonchev–Trinajstić information content (AvgIpc) is 1.64. The normalized spacial score (nSPS) is 35.6. The minimum Gasteiger partial charge on any atom is -0.381 e. The van der Waals surface area contributed by atoms with Crippen LogP contribution in [0.5, 0.6) is 0 Å². The molecule has 5 amide bonds. The molecule has 2 saturated carbocycles. The third-order valence-corrected chi connectivity index (χ3v) is 33.3. The summed E-state index contributed by atoms with van der Waals surface area (Å²) in [7, 11) is 0. The predicted octanol–water partition coefficient (Wildman–Crippen LogP) is 22.1. The largest absolute Gasteiger partial charge is 0.381 e. The second-order valence-electron chi connectivity index (χ2n) is 45.6. The van der Waals surface area contributed by atoms with Gasteiger partial charge in [0.1, 0.15) is 0 Å². The van der Waals surface area contributed by atoms with E-state index in [2.05, 4.69) is 239 Å². The van der Waals surface area contributed by atoms with Crippen LogP contribution in [0.15, 0.2) is 0 Å². The number of hydrogen-bond acceptors (Lipinski definition) is 10. The molecule has 12 aliphatic rings. The quantitative estimate of drug-likeness (QED) is 0.115. The Morgan fingerprint density at radius 2 is 0.632 bits per heavy atom. The zero-order chi connectivity index (χ0) is 86.9. The summed E-state index contributed by atoms with van der Waals surface area (Å²) < 4.78 is 28.6. The zero-order valence-corrected chi connectivity index (χ0v) is 81.5. The van der Waals surface area contributed by atoms with Gasteiger partial charge in [-0.1, -0.05) is 193 Å². The van der Waals surface area contributed by atoms with E-state index in [4.69, 9.17) is 23.7 Å². The number of hydrogen-bond donors (Lipinski definition) is 0. The Morgan fingerprint density at radius 1 is 0.308 bits per heavy atom. The molecule has 19 unspecified atom stereocenters. The van der Waals surface area contributed by atoms with Crippen LogP contribution in [0.25, 0.3) is 0 Å². The van der Waals surface area contributed by atoms with Gasteiger partial charge in [-0.2, -0.15) is 0 Å². The molecule has 0 radical (unpaired) electrons. The van der Waals surface area contributed by atoms with Crippen molar-refractivity contribution in [1.82, 2.24) is 24.5 Å². The van der Waals surface area contributed by atoms with E-state index in [0.717, 1.165) is 148 Å². The van der Waals surface area contributed by atoms with Crippen LogP contribution < -0.4 is 0 Å². The van der Waals surface area contributed by atoms with E-state index < -0.39 is 0 Å². The van der Waals surface area contributed by atoms with Crippen molar-refractivity contribution in [3.05, 3.63) is 0 Å². The van der Waals surface area contributed by atoms with Gasteiger partial charge in [0.2, 0.25) is 29.5 Å². The minimum absolute atomic E-state index is 0.0173. The van der Waals surface area contributed by atoms with Crippen LogP contribution in [-0.4, -0.2) is 180 Å². The Balaban J connectivity index is 0.000000183. The van der Waals surface area contributed by atoms with E-state index in [0.29, 0.717) is 179 Å². The molecular weight excluding hydrogens is 1460 g/mol. The molecule has 15 nitrogen and oxygen atoms in total. The molecule has 12 fully saturated rings. The minimum atomic E-state index is -0.0173. The van der Waals surface area contributed by atoms with Gasteiger partial charge in [0, 0.05) is 135 Å². The first-order chi connectivity index (χ1) is 54.9. The zero-order valence-electron chi connectivity index (χ0n) is 81.5. The number of carbonyl (C=O) groups excluding carboxylic acids is 5. The molecule has 10 aliphatic heterocycles. The SMILES string of the molecule is CC(C)C(C(=O)N1C(C)C(C)C[C@H]1C(C)C)C1(C)CCCOC1.CC(C)C(C(=O)N1C(C)C(C)C[C@H]1C(C)C)C1(C)CCOCC1.CC(C)C(C(=O)N1C2CCCC2C[C@H]1C(C)C)C1(C)CCOCC1.CC(C)C(C(=O)N1C2CCCC2C[C@H]1C(C)C)C1CCCOC1.CC1CC(C(C(=O)N2C(C)C(C)C[C@H]2C(C)C)C(C)C)CC(C)O1. The monoisotopic (exact) mass is 1640 g/mol. The maximum Gasteiger partial charge on any atom is 0.227 e. The maximum atomic E-state index is 13.8. The second-order valence-corrected chi connectivity index (χ2v) is 45.6. The van der Waals surface area contributed by atoms with E-state index in [1.807, 2.05) is 0 Å². The van der Waals surface area contributed by atoms with Gasteiger partial charge in [-0.15, -0.1) is 0 Å². The Kier molecular flexibility index (Phi) is 36.9. The van der Waals surface area contributed by atoms with E-state index in [1.165, 1.54) is 51.4 Å². The first-order valence-electron chi connectivity index (χ1n) is 49.4. The molecule has 0 aromatic rings. The lowest BCUT2D eigenvalue weighted by molar-refractivity contribution is -0.152. The second kappa shape index (κ2) is 43.4. The third kappa shape index (κ3) is 23.3. The van der Waals surface area contributed by atoms with Gasteiger partial charge in [-0.3, -0.25) is 24.0 Å². The van der Waals surface area contributed by atoms with E-state index in [-0.39, 0.29) is 58.0 Å². The summed E-state index contributed by atoms with van der Waals surface area (Å²) in [5, 5.41) is 0. The van der Waals surface area contributed by atoms with Crippen LogP contribution in [-0.2, 0) is 47.7 Å². The summed E-state index contributed by atoms with van der Waals surface area (Å²) in [5.41, 5.74) is 0.162. The number of carbonyl (C=O) groups is 5. The Labute approximate surface area is 719 Å². The molecular formula is C102H185N5O10. The average molecular weight is 1640 g/mol. The molecule has 678 valence electrons. The van der Waals surface area contributed by atoms with E-state index in [1.54, 1.807) is 0 Å². The molecule has 10 heterocycles. The summed E-state index contributed by atoms with van der Waals surface area (Å²) in [6, 6.07) is 4.23. The highest BCUT2D eigenvalue weighted by Gasteiger charge is 2.56. The molecule has 0 N–H and O–H groups in total. The van der Waals surface area contributed by atoms with Gasteiger partial charge in [-0.25, -0.2) is 0 Å². The van der Waals surface area contributed by atoms with Crippen LogP contribution in [0.1, 0.15) is 349 Å². The summed E-state index contributed by atoms with van der Waals surface area (Å²) in [4.78, 5) is 79.9. The predicted molar refractivity (Wildman–Crippen MR) is 481 cm³/mol. The third-order valence-electron chi connectivity index (χ3n) is 33.3. The van der Waals surface area contributed by atoms with E-state index >= 15 is 0 Å². The van der Waals surface area contributed by atoms with Crippen molar-refractivity contribution in [2.75, 3.05) is 52.9 Å². The van der Waals surface area contributed by atoms with Crippen LogP contribution in [0.3, 0.4) is 0 Å². The van der Waals surface area contributed by atoms with Crippen molar-refractivity contribution < 1.29 is 47.7 Å². The molecule has 24 atom stereocenters. The number of amides is 5. The number of rotatable bonds is 20. The molecule has 0 aromatic carbocycles. The van der Waals surface area contributed by atoms with Crippen molar-refractivity contribution in [2.45, 2.75) is 422 Å². The van der Waals surface area contributed by atoms with Gasteiger partial charge < -0.3 is 48.2 Å². The number of likely N-dealkylation sites (tertiary alicyclic amines) is 5. The van der Waals surface area contributed by atoms with Crippen LogP contribution in [0, 0.1) is 146 Å². The highest BCUT2D eigenvalue weighted by molar-refractivity contribution is 5.83. The van der Waals surface area contributed by atoms with Gasteiger partial charge >= 0.3 is 0 Å². The van der Waals surface area contributed by atoms with Crippen molar-refractivity contribution in [2.24, 2.45) is 146 Å². The van der Waals surface area contributed by atoms with Crippen LogP contribution in [0.4, 0.5) is 0 Å². The summed E-state index contributed by atoms with van der Waals surface area (Å²) in [6.45, 7) is 76.3. The van der Waals surface area contributed by atoms with Crippen molar-refractivity contribution in [3.63, 3.8) is 0 Å². The first-order valence-corrected chi connectivity index (χ1v) is 49.4. The lowest BCUT2D eigenvalue weighted by Crippen LogP contribution is -2.53. The number of ether oxygens (including phenoxy) is 5. The fraction of sp³-hybridized carbons (Fsp3) is 0.951. The molecule has 0 spiro atoms. The van der Waals surface area contributed by atoms with Gasteiger partial charge in [-0.05, 0) is 268 Å². The fourth-order valence-electron chi connectivity index (χ4n) is 26.5. The topological polar surface area (TPSA) is 148 Å². The highest BCUT2D eigenvalue weighted by Crippen LogP contribution is 2.52. The highest BCUT2D eigenvalue weighted by atomic mass is 16.5. The molecule has 117 heavy (non-hydrogen) atoms. The maximum absolute atomic E-state index is 13.8. The Bertz CT molecular complexity index is 2960. The molecule has 12 rings (SSSR count). The first kappa shape index (κ1) is 99.6. The van der Waals surface area contributed by atoms with Gasteiger partial charge in [0.05, 0.1) is 25.4 Å². The standard InChI is InChI=1S/C21H37NO2.C21H39NO2.C20H35NO2.2C20H37NO2/c1-14(2)18-13-16-7-6-8-17(16)22(18)20(23)19(15(3)4)21(5)9-11-24-12-10-21;1-12(2)19-9-14(5)17(8)22(19)21(23)20(13(3)4)18-10-15(6)24-16(7)11-18;1-13(2)18-11-15-7-5-9-17(15)21(18)20(22)19(14(3)4)16-8-6-10-23-12-16;1-13(2)17-12-15(5)16(6)21(17)19(22)18(14(3)4)20(7)8-10-23-11-9-20;1-13(2)17-11-15(5)16(6)21(17)19(22)18(14(3)4)20(7)9-8-10-23-12-20/h14-19H,6-13H2,1-5H3;12-20H,9-11H2,1-8H3;13-19H,5-12H2,1-4H3;2*13-18H,8-12H2,1-7H3/t16?,17?,18-,19?;14?,15?,16?,17?,18?,19-,20?;15?,16?,17?,18-,19?;15?,16?,17-,18?;15?,16?,17-,18?,20?/m00000/s1. The number of fused-ring (bicyclic) bond motifs is 2. The molecule has 0 aromatic heterocycles. The summed E-state index contributed by atoms with van der Waals surface area (Å²) in [6.07, 6.45) is 24.7. The van der Waals surface area contributed by atoms with E-state index in [9.17, 15) is 24.0 Å². The molecule has 15 heteroatoms. The molecule has 10 saturated heterocycles. The van der Waals surface area contributed by atoms with Crippen LogP contribution in [0.2, 0.25) is 0 Å². The summed E-state index contributed by atoms with van der Waals surface area (Å²) in [5.74, 6) is 11.5. The van der Waals surface area contributed by atoms with Gasteiger partial charge in [0.15, 0.2) is 0 Å². The fourth-order valence-corrected chi connectivity index (χ4v) is 26.5.